The number of primary sulfonamides is 1. The molecular formula is C19H21N3O3S. The van der Waals surface area contributed by atoms with E-state index in [9.17, 15) is 13.2 Å². The Hall–Kier alpha value is -2.64. The van der Waals surface area contributed by atoms with Gasteiger partial charge in [0.25, 0.3) is 5.91 Å². The molecule has 0 aliphatic carbocycles. The Balaban J connectivity index is 1.88. The fraction of sp³-hybridized carbons (Fsp3) is 0.211. The van der Waals surface area contributed by atoms with Gasteiger partial charge in [-0.05, 0) is 36.8 Å². The minimum atomic E-state index is -3.73. The van der Waals surface area contributed by atoms with Crippen molar-refractivity contribution in [3.05, 3.63) is 65.9 Å². The van der Waals surface area contributed by atoms with Crippen LogP contribution in [0.1, 0.15) is 29.0 Å². The summed E-state index contributed by atoms with van der Waals surface area (Å²) in [6.07, 6.45) is 0. The molecule has 0 saturated heterocycles. The zero-order valence-corrected chi connectivity index (χ0v) is 15.7. The molecule has 0 saturated carbocycles. The van der Waals surface area contributed by atoms with Crippen LogP contribution in [0.25, 0.3) is 10.9 Å². The van der Waals surface area contributed by atoms with E-state index >= 15 is 0 Å². The SMILES string of the molecule is CC(c1ccc(S(N)(=O)=O)cc1)N(C)C(=O)c1cc2ccccc2n1C. The predicted molar refractivity (Wildman–Crippen MR) is 101 cm³/mol. The van der Waals surface area contributed by atoms with Gasteiger partial charge >= 0.3 is 0 Å². The number of nitrogens with zero attached hydrogens (tertiary/aromatic N) is 2. The summed E-state index contributed by atoms with van der Waals surface area (Å²) < 4.78 is 24.6. The van der Waals surface area contributed by atoms with Gasteiger partial charge in [-0.3, -0.25) is 4.79 Å². The number of fused-ring (bicyclic) bond motifs is 1. The Morgan fingerprint density at radius 3 is 2.31 bits per heavy atom. The normalized spacial score (nSPS) is 12.9. The predicted octanol–water partition coefficient (Wildman–Crippen LogP) is 2.66. The number of nitrogens with two attached hydrogens (primary N) is 1. The van der Waals surface area contributed by atoms with E-state index < -0.39 is 10.0 Å². The van der Waals surface area contributed by atoms with Crippen LogP contribution >= 0.6 is 0 Å². The molecule has 3 rings (SSSR count). The van der Waals surface area contributed by atoms with Crippen molar-refractivity contribution in [2.75, 3.05) is 7.05 Å². The highest BCUT2D eigenvalue weighted by atomic mass is 32.2. The monoisotopic (exact) mass is 371 g/mol. The van der Waals surface area contributed by atoms with Gasteiger partial charge in [0.15, 0.2) is 0 Å². The average Bonchev–Trinajstić information content (AvgIpc) is 2.96. The number of para-hydroxylation sites is 1. The lowest BCUT2D eigenvalue weighted by atomic mass is 10.1. The first kappa shape index (κ1) is 18.2. The average molecular weight is 371 g/mol. The van der Waals surface area contributed by atoms with Crippen LogP contribution in [0.15, 0.2) is 59.5 Å². The number of carbonyl (C=O) groups excluding carboxylic acids is 1. The Bertz CT molecular complexity index is 1070. The van der Waals surface area contributed by atoms with Gasteiger partial charge in [0.1, 0.15) is 5.69 Å². The van der Waals surface area contributed by atoms with E-state index in [1.807, 2.05) is 48.9 Å². The molecule has 0 aliphatic rings. The first-order chi connectivity index (χ1) is 12.2. The lowest BCUT2D eigenvalue weighted by Crippen LogP contribution is -2.31. The van der Waals surface area contributed by atoms with E-state index in [2.05, 4.69) is 0 Å². The van der Waals surface area contributed by atoms with Gasteiger partial charge in [-0.1, -0.05) is 30.3 Å². The minimum absolute atomic E-state index is 0.0520. The number of hydrogen-bond donors (Lipinski definition) is 1. The third-order valence-corrected chi connectivity index (χ3v) is 5.69. The Labute approximate surface area is 152 Å². The van der Waals surface area contributed by atoms with Gasteiger partial charge in [0.05, 0.1) is 10.9 Å². The van der Waals surface area contributed by atoms with Crippen LogP contribution in [-0.4, -0.2) is 30.8 Å². The fourth-order valence-electron chi connectivity index (χ4n) is 3.01. The van der Waals surface area contributed by atoms with Crippen molar-refractivity contribution in [3.63, 3.8) is 0 Å². The van der Waals surface area contributed by atoms with Gasteiger partial charge in [0.2, 0.25) is 10.0 Å². The van der Waals surface area contributed by atoms with Gasteiger partial charge in [0, 0.05) is 25.0 Å². The first-order valence-corrected chi connectivity index (χ1v) is 9.69. The summed E-state index contributed by atoms with van der Waals surface area (Å²) in [6, 6.07) is 15.7. The molecule has 0 fully saturated rings. The Kier molecular flexibility index (Phi) is 4.60. The maximum absolute atomic E-state index is 13.0. The molecule has 0 bridgehead atoms. The molecule has 1 amide bonds. The van der Waals surface area contributed by atoms with E-state index in [0.717, 1.165) is 16.5 Å². The van der Waals surface area contributed by atoms with Crippen molar-refractivity contribution in [2.24, 2.45) is 12.2 Å². The quantitative estimate of drug-likeness (QED) is 0.765. The molecule has 1 unspecified atom stereocenters. The summed E-state index contributed by atoms with van der Waals surface area (Å²) in [5, 5.41) is 6.14. The summed E-state index contributed by atoms with van der Waals surface area (Å²) in [7, 11) is -0.125. The van der Waals surface area contributed by atoms with E-state index in [1.54, 1.807) is 24.1 Å². The molecule has 1 heterocycles. The first-order valence-electron chi connectivity index (χ1n) is 8.14. The number of hydrogen-bond acceptors (Lipinski definition) is 3. The Morgan fingerprint density at radius 1 is 1.12 bits per heavy atom. The van der Waals surface area contributed by atoms with E-state index in [-0.39, 0.29) is 16.8 Å². The number of rotatable bonds is 4. The van der Waals surface area contributed by atoms with E-state index in [4.69, 9.17) is 5.14 Å². The van der Waals surface area contributed by atoms with Crippen molar-refractivity contribution in [2.45, 2.75) is 17.9 Å². The summed E-state index contributed by atoms with van der Waals surface area (Å²) in [4.78, 5) is 14.7. The molecule has 26 heavy (non-hydrogen) atoms. The highest BCUT2D eigenvalue weighted by Gasteiger charge is 2.22. The van der Waals surface area contributed by atoms with E-state index in [0.29, 0.717) is 5.69 Å². The topological polar surface area (TPSA) is 85.4 Å². The molecule has 0 radical (unpaired) electrons. The third-order valence-electron chi connectivity index (χ3n) is 4.76. The molecule has 3 aromatic rings. The van der Waals surface area contributed by atoms with Crippen LogP contribution in [0.5, 0.6) is 0 Å². The Morgan fingerprint density at radius 2 is 1.73 bits per heavy atom. The molecule has 0 spiro atoms. The zero-order chi connectivity index (χ0) is 19.1. The number of sulfonamides is 1. The molecule has 2 aromatic carbocycles. The molecule has 7 heteroatoms. The smallest absolute Gasteiger partial charge is 0.270 e. The molecular weight excluding hydrogens is 350 g/mol. The van der Waals surface area contributed by atoms with Gasteiger partial charge in [-0.2, -0.15) is 0 Å². The number of aromatic nitrogens is 1. The maximum atomic E-state index is 13.0. The van der Waals surface area contributed by atoms with Gasteiger partial charge < -0.3 is 9.47 Å². The molecule has 136 valence electrons. The lowest BCUT2D eigenvalue weighted by molar-refractivity contribution is 0.0733. The standard InChI is InChI=1S/C19H21N3O3S/c1-13(14-8-10-16(11-9-14)26(20,24)25)21(2)19(23)18-12-15-6-4-5-7-17(15)22(18)3/h4-13H,1-3H3,(H2,20,24,25). The van der Waals surface area contributed by atoms with Crippen LogP contribution in [0.3, 0.4) is 0 Å². The number of benzene rings is 2. The van der Waals surface area contributed by atoms with Crippen molar-refractivity contribution < 1.29 is 13.2 Å². The van der Waals surface area contributed by atoms with Crippen molar-refractivity contribution in [1.82, 2.24) is 9.47 Å². The molecule has 0 aliphatic heterocycles. The second kappa shape index (κ2) is 6.59. The largest absolute Gasteiger partial charge is 0.340 e. The maximum Gasteiger partial charge on any atom is 0.270 e. The third kappa shape index (κ3) is 3.23. The summed E-state index contributed by atoms with van der Waals surface area (Å²) in [6.45, 7) is 1.90. The van der Waals surface area contributed by atoms with E-state index in [1.165, 1.54) is 12.1 Å². The second-order valence-corrected chi connectivity index (χ2v) is 7.91. The highest BCUT2D eigenvalue weighted by molar-refractivity contribution is 7.89. The van der Waals surface area contributed by atoms with Crippen molar-refractivity contribution in [1.29, 1.82) is 0 Å². The molecule has 6 nitrogen and oxygen atoms in total. The number of aryl methyl sites for hydroxylation is 1. The molecule has 1 aromatic heterocycles. The van der Waals surface area contributed by atoms with Crippen LogP contribution in [0, 0.1) is 0 Å². The van der Waals surface area contributed by atoms with Crippen molar-refractivity contribution in [3.8, 4) is 0 Å². The zero-order valence-electron chi connectivity index (χ0n) is 14.9. The summed E-state index contributed by atoms with van der Waals surface area (Å²) in [5.41, 5.74) is 2.42. The fourth-order valence-corrected chi connectivity index (χ4v) is 3.53. The van der Waals surface area contributed by atoms with Crippen LogP contribution in [0.2, 0.25) is 0 Å². The van der Waals surface area contributed by atoms with Crippen LogP contribution in [-0.2, 0) is 17.1 Å². The van der Waals surface area contributed by atoms with Crippen molar-refractivity contribution >= 4 is 26.8 Å². The van der Waals surface area contributed by atoms with Crippen LogP contribution < -0.4 is 5.14 Å². The lowest BCUT2D eigenvalue weighted by Gasteiger charge is -2.25. The second-order valence-electron chi connectivity index (χ2n) is 6.35. The molecule has 2 N–H and O–H groups in total. The summed E-state index contributed by atoms with van der Waals surface area (Å²) in [5.74, 6) is -0.105. The summed E-state index contributed by atoms with van der Waals surface area (Å²) >= 11 is 0. The molecule has 1 atom stereocenters. The number of carbonyl (C=O) groups is 1. The number of amides is 1. The van der Waals surface area contributed by atoms with Crippen LogP contribution in [0.4, 0.5) is 0 Å². The van der Waals surface area contributed by atoms with Gasteiger partial charge in [-0.15, -0.1) is 0 Å². The minimum Gasteiger partial charge on any atom is -0.340 e. The highest BCUT2D eigenvalue weighted by Crippen LogP contribution is 2.24. The van der Waals surface area contributed by atoms with Gasteiger partial charge in [-0.25, -0.2) is 13.6 Å².